The molecule has 8 heteroatoms. The van der Waals surface area contributed by atoms with Crippen LogP contribution in [-0.4, -0.2) is 58.4 Å². The van der Waals surface area contributed by atoms with Gasteiger partial charge in [-0.2, -0.15) is 0 Å². The number of nitrogens with one attached hydrogen (secondary N) is 1. The molecule has 156 valence electrons. The number of rotatable bonds is 8. The van der Waals surface area contributed by atoms with Gasteiger partial charge in [-0.15, -0.1) is 0 Å². The second-order valence-electron chi connectivity index (χ2n) is 7.02. The Bertz CT molecular complexity index is 862. The number of aromatic nitrogens is 1. The van der Waals surface area contributed by atoms with Crippen molar-refractivity contribution in [3.8, 4) is 0 Å². The lowest BCUT2D eigenvalue weighted by Crippen LogP contribution is -2.35. The second-order valence-corrected chi connectivity index (χ2v) is 7.46. The molecule has 2 N–H and O–H groups in total. The SMILES string of the molecule is COCCN1C(c2ccnc(NC(C)CO)c2)=C(c2ccc(F)cc2)N(S)[C@H]1C. The van der Waals surface area contributed by atoms with E-state index >= 15 is 0 Å². The topological polar surface area (TPSA) is 60.9 Å². The molecule has 1 unspecified atom stereocenters. The molecular formula is C21H27FN4O2S. The van der Waals surface area contributed by atoms with Crippen LogP contribution >= 0.6 is 12.8 Å². The van der Waals surface area contributed by atoms with Gasteiger partial charge in [-0.3, -0.25) is 4.31 Å². The summed E-state index contributed by atoms with van der Waals surface area (Å²) >= 11 is 4.74. The molecule has 0 aliphatic carbocycles. The molecule has 3 rings (SSSR count). The summed E-state index contributed by atoms with van der Waals surface area (Å²) in [6.07, 6.45) is 1.71. The number of benzene rings is 1. The van der Waals surface area contributed by atoms with Crippen LogP contribution < -0.4 is 5.32 Å². The number of aliphatic hydroxyl groups excluding tert-OH is 1. The summed E-state index contributed by atoms with van der Waals surface area (Å²) in [4.78, 5) is 6.58. The maximum absolute atomic E-state index is 13.5. The van der Waals surface area contributed by atoms with Gasteiger partial charge in [-0.1, -0.05) is 12.8 Å². The summed E-state index contributed by atoms with van der Waals surface area (Å²) in [5.41, 5.74) is 3.69. The highest BCUT2D eigenvalue weighted by Gasteiger charge is 2.35. The molecule has 6 nitrogen and oxygen atoms in total. The number of methoxy groups -OCH3 is 1. The monoisotopic (exact) mass is 418 g/mol. The summed E-state index contributed by atoms with van der Waals surface area (Å²) < 4.78 is 20.7. The predicted octanol–water partition coefficient (Wildman–Crippen LogP) is 3.29. The third-order valence-electron chi connectivity index (χ3n) is 4.90. The second kappa shape index (κ2) is 9.47. The lowest BCUT2D eigenvalue weighted by atomic mass is 10.1. The summed E-state index contributed by atoms with van der Waals surface area (Å²) in [6, 6.07) is 10.2. The van der Waals surface area contributed by atoms with Gasteiger partial charge in [0.2, 0.25) is 0 Å². The molecule has 29 heavy (non-hydrogen) atoms. The number of hydrogen-bond acceptors (Lipinski definition) is 7. The van der Waals surface area contributed by atoms with Gasteiger partial charge in [0.1, 0.15) is 17.8 Å². The lowest BCUT2D eigenvalue weighted by Gasteiger charge is -2.29. The number of halogens is 1. The van der Waals surface area contributed by atoms with Crippen LogP contribution in [0.1, 0.15) is 25.0 Å². The normalized spacial score (nSPS) is 17.8. The Kier molecular flexibility index (Phi) is 7.00. The van der Waals surface area contributed by atoms with Crippen molar-refractivity contribution in [1.29, 1.82) is 0 Å². The zero-order chi connectivity index (χ0) is 21.0. The lowest BCUT2D eigenvalue weighted by molar-refractivity contribution is 0.150. The van der Waals surface area contributed by atoms with E-state index in [9.17, 15) is 9.50 Å². The molecule has 2 heterocycles. The van der Waals surface area contributed by atoms with E-state index in [4.69, 9.17) is 17.6 Å². The molecule has 1 aliphatic rings. The zero-order valence-electron chi connectivity index (χ0n) is 16.8. The van der Waals surface area contributed by atoms with Gasteiger partial charge in [0.05, 0.1) is 24.6 Å². The number of anilines is 1. The fourth-order valence-electron chi connectivity index (χ4n) is 3.37. The summed E-state index contributed by atoms with van der Waals surface area (Å²) in [5, 5.41) is 12.5. The van der Waals surface area contributed by atoms with Crippen molar-refractivity contribution >= 4 is 30.0 Å². The first-order valence-electron chi connectivity index (χ1n) is 9.54. The molecule has 1 aliphatic heterocycles. The van der Waals surface area contributed by atoms with E-state index in [1.54, 1.807) is 25.4 Å². The largest absolute Gasteiger partial charge is 0.394 e. The van der Waals surface area contributed by atoms with Gasteiger partial charge in [-0.05, 0) is 50.2 Å². The number of nitrogens with zero attached hydrogens (tertiary/aromatic N) is 3. The van der Waals surface area contributed by atoms with Crippen LogP contribution in [0.3, 0.4) is 0 Å². The minimum atomic E-state index is -0.280. The van der Waals surface area contributed by atoms with Crippen LogP contribution in [0.25, 0.3) is 11.4 Å². The van der Waals surface area contributed by atoms with Crippen LogP contribution in [-0.2, 0) is 4.74 Å². The van der Waals surface area contributed by atoms with Gasteiger partial charge in [0, 0.05) is 37.0 Å². The first-order valence-corrected chi connectivity index (χ1v) is 9.94. The Labute approximate surface area is 176 Å². The third-order valence-corrected chi connectivity index (χ3v) is 5.44. The Hall–Kier alpha value is -2.29. The molecule has 2 aromatic rings. The van der Waals surface area contributed by atoms with Crippen molar-refractivity contribution in [2.24, 2.45) is 0 Å². The van der Waals surface area contributed by atoms with Crippen molar-refractivity contribution < 1.29 is 14.2 Å². The van der Waals surface area contributed by atoms with Crippen LogP contribution in [0.5, 0.6) is 0 Å². The number of ether oxygens (including phenoxy) is 1. The van der Waals surface area contributed by atoms with Crippen molar-refractivity contribution in [1.82, 2.24) is 14.2 Å². The Morgan fingerprint density at radius 1 is 1.24 bits per heavy atom. The predicted molar refractivity (Wildman–Crippen MR) is 116 cm³/mol. The van der Waals surface area contributed by atoms with Crippen molar-refractivity contribution in [2.45, 2.75) is 26.1 Å². The van der Waals surface area contributed by atoms with Crippen LogP contribution in [0.4, 0.5) is 10.2 Å². The maximum atomic E-state index is 13.5. The molecule has 0 radical (unpaired) electrons. The fraction of sp³-hybridized carbons (Fsp3) is 0.381. The Morgan fingerprint density at radius 2 is 1.97 bits per heavy atom. The van der Waals surface area contributed by atoms with Gasteiger partial charge < -0.3 is 20.1 Å². The third kappa shape index (κ3) is 4.66. The molecule has 0 saturated heterocycles. The molecule has 0 saturated carbocycles. The van der Waals surface area contributed by atoms with Crippen LogP contribution in [0.15, 0.2) is 42.6 Å². The maximum Gasteiger partial charge on any atom is 0.126 e. The highest BCUT2D eigenvalue weighted by Crippen LogP contribution is 2.42. The number of pyridine rings is 1. The molecule has 1 aromatic heterocycles. The van der Waals surface area contributed by atoms with E-state index in [2.05, 4.69) is 22.1 Å². The van der Waals surface area contributed by atoms with Crippen molar-refractivity contribution in [3.63, 3.8) is 0 Å². The smallest absolute Gasteiger partial charge is 0.126 e. The Morgan fingerprint density at radius 3 is 2.62 bits per heavy atom. The van der Waals surface area contributed by atoms with Gasteiger partial charge >= 0.3 is 0 Å². The first kappa shape index (κ1) is 21.4. The van der Waals surface area contributed by atoms with Gasteiger partial charge in [0.25, 0.3) is 0 Å². The fourth-order valence-corrected chi connectivity index (χ4v) is 3.71. The van der Waals surface area contributed by atoms with E-state index < -0.39 is 0 Å². The molecule has 0 spiro atoms. The Balaban J connectivity index is 2.11. The standard InChI is InChI=1S/C21H27FN4O2S/c1-14(13-27)24-19-12-17(8-9-23-19)20-21(16-4-6-18(22)7-5-16)26(29)15(2)25(20)10-11-28-3/h4-9,12,14-15,27,29H,10-11,13H2,1-3H3,(H,23,24)/t14?,15-/m0/s1. The van der Waals surface area contributed by atoms with Crippen molar-refractivity contribution in [3.05, 3.63) is 59.5 Å². The van der Waals surface area contributed by atoms with Gasteiger partial charge in [0.15, 0.2) is 0 Å². The van der Waals surface area contributed by atoms with E-state index in [0.29, 0.717) is 19.0 Å². The average molecular weight is 419 g/mol. The number of hydrogen-bond donors (Lipinski definition) is 3. The minimum Gasteiger partial charge on any atom is -0.394 e. The van der Waals surface area contributed by atoms with E-state index in [-0.39, 0.29) is 24.6 Å². The van der Waals surface area contributed by atoms with Crippen LogP contribution in [0, 0.1) is 5.82 Å². The van der Waals surface area contributed by atoms with E-state index in [0.717, 1.165) is 22.5 Å². The quantitative estimate of drug-likeness (QED) is 0.572. The van der Waals surface area contributed by atoms with E-state index in [1.807, 2.05) is 23.4 Å². The molecular weight excluding hydrogens is 391 g/mol. The number of thiol groups is 1. The van der Waals surface area contributed by atoms with E-state index in [1.165, 1.54) is 12.1 Å². The van der Waals surface area contributed by atoms with Crippen LogP contribution in [0.2, 0.25) is 0 Å². The summed E-state index contributed by atoms with van der Waals surface area (Å²) in [6.45, 7) is 5.19. The minimum absolute atomic E-state index is 0.0108. The highest BCUT2D eigenvalue weighted by molar-refractivity contribution is 7.78. The average Bonchev–Trinajstić information content (AvgIpc) is 2.97. The zero-order valence-corrected chi connectivity index (χ0v) is 17.7. The number of aliphatic hydroxyl groups is 1. The molecule has 1 aromatic carbocycles. The molecule has 0 amide bonds. The molecule has 0 bridgehead atoms. The highest BCUT2D eigenvalue weighted by atomic mass is 32.1. The molecule has 0 fully saturated rings. The summed E-state index contributed by atoms with van der Waals surface area (Å²) in [5.74, 6) is 0.393. The summed E-state index contributed by atoms with van der Waals surface area (Å²) in [7, 11) is 1.67. The molecule has 2 atom stereocenters. The first-order chi connectivity index (χ1) is 14.0. The van der Waals surface area contributed by atoms with Gasteiger partial charge in [-0.25, -0.2) is 9.37 Å². The van der Waals surface area contributed by atoms with Crippen molar-refractivity contribution in [2.75, 3.05) is 32.2 Å².